The summed E-state index contributed by atoms with van der Waals surface area (Å²) in [5.41, 5.74) is 1.81. The van der Waals surface area contributed by atoms with Gasteiger partial charge >= 0.3 is 0 Å². The molecule has 0 aliphatic carbocycles. The van der Waals surface area contributed by atoms with Gasteiger partial charge in [0.2, 0.25) is 10.0 Å². The predicted octanol–water partition coefficient (Wildman–Crippen LogP) is 3.51. The molecule has 0 aliphatic rings. The van der Waals surface area contributed by atoms with Crippen LogP contribution in [-0.2, 0) is 10.0 Å². The lowest BCUT2D eigenvalue weighted by molar-refractivity contribution is 0.509. The Bertz CT molecular complexity index is 762. The molecule has 1 unspecified atom stereocenters. The molecule has 22 heavy (non-hydrogen) atoms. The number of benzene rings is 2. The van der Waals surface area contributed by atoms with E-state index in [1.54, 1.807) is 24.3 Å². The molecule has 0 saturated carbocycles. The maximum absolute atomic E-state index is 13.2. The first-order valence-electron chi connectivity index (χ1n) is 6.54. The van der Waals surface area contributed by atoms with Crippen molar-refractivity contribution in [3.63, 3.8) is 0 Å². The Morgan fingerprint density at radius 2 is 1.55 bits per heavy atom. The molecule has 118 valence electrons. The van der Waals surface area contributed by atoms with E-state index >= 15 is 0 Å². The fourth-order valence-electron chi connectivity index (χ4n) is 1.97. The summed E-state index contributed by atoms with van der Waals surface area (Å²) in [5, 5.41) is 3.05. The zero-order valence-electron chi connectivity index (χ0n) is 12.1. The van der Waals surface area contributed by atoms with E-state index in [9.17, 15) is 17.2 Å². The fraction of sp³-hybridized carbons (Fsp3) is 0.200. The van der Waals surface area contributed by atoms with Gasteiger partial charge in [-0.05, 0) is 36.8 Å². The Labute approximate surface area is 128 Å². The summed E-state index contributed by atoms with van der Waals surface area (Å²) in [6.45, 7) is 1.86. The molecule has 2 aromatic carbocycles. The Balaban J connectivity index is 2.09. The van der Waals surface area contributed by atoms with E-state index < -0.39 is 21.7 Å². The molecule has 0 aliphatic heterocycles. The van der Waals surface area contributed by atoms with Gasteiger partial charge in [0.1, 0.15) is 0 Å². The zero-order valence-corrected chi connectivity index (χ0v) is 12.9. The lowest BCUT2D eigenvalue weighted by Gasteiger charge is -2.16. The summed E-state index contributed by atoms with van der Waals surface area (Å²) in [6, 6.07) is 10.2. The maximum Gasteiger partial charge on any atom is 0.229 e. The number of hydrogen-bond acceptors (Lipinski definition) is 3. The molecular formula is C15H16F2N2O2S. The first kappa shape index (κ1) is 16.2. The Morgan fingerprint density at radius 3 is 2.09 bits per heavy atom. The Morgan fingerprint density at radius 1 is 0.955 bits per heavy atom. The van der Waals surface area contributed by atoms with E-state index in [2.05, 4.69) is 10.0 Å². The number of nitrogens with one attached hydrogen (secondary N) is 2. The van der Waals surface area contributed by atoms with Crippen LogP contribution in [0.2, 0.25) is 0 Å². The van der Waals surface area contributed by atoms with Gasteiger partial charge in [0, 0.05) is 23.5 Å². The third-order valence-corrected chi connectivity index (χ3v) is 3.62. The minimum Gasteiger partial charge on any atom is -0.378 e. The van der Waals surface area contributed by atoms with E-state index in [0.29, 0.717) is 11.4 Å². The van der Waals surface area contributed by atoms with E-state index in [1.165, 1.54) is 6.07 Å². The molecule has 0 heterocycles. The van der Waals surface area contributed by atoms with Crippen LogP contribution in [0.5, 0.6) is 0 Å². The van der Waals surface area contributed by atoms with E-state index in [-0.39, 0.29) is 6.04 Å². The van der Waals surface area contributed by atoms with Crippen molar-refractivity contribution in [3.8, 4) is 0 Å². The molecule has 4 nitrogen and oxygen atoms in total. The van der Waals surface area contributed by atoms with Crippen molar-refractivity contribution in [3.05, 3.63) is 59.7 Å². The van der Waals surface area contributed by atoms with Crippen LogP contribution in [0.3, 0.4) is 0 Å². The summed E-state index contributed by atoms with van der Waals surface area (Å²) in [4.78, 5) is 0. The molecule has 0 amide bonds. The van der Waals surface area contributed by atoms with Crippen molar-refractivity contribution in [2.24, 2.45) is 0 Å². The normalized spacial score (nSPS) is 12.7. The third kappa shape index (κ3) is 4.42. The van der Waals surface area contributed by atoms with Crippen molar-refractivity contribution in [2.75, 3.05) is 16.3 Å². The minimum atomic E-state index is -3.31. The molecule has 0 bridgehead atoms. The molecule has 0 aromatic heterocycles. The average Bonchev–Trinajstić information content (AvgIpc) is 2.42. The van der Waals surface area contributed by atoms with Crippen LogP contribution in [0.4, 0.5) is 20.2 Å². The van der Waals surface area contributed by atoms with E-state index in [4.69, 9.17) is 0 Å². The van der Waals surface area contributed by atoms with Gasteiger partial charge < -0.3 is 5.32 Å². The van der Waals surface area contributed by atoms with Gasteiger partial charge in [0.05, 0.1) is 6.26 Å². The lowest BCUT2D eigenvalue weighted by Crippen LogP contribution is -2.10. The van der Waals surface area contributed by atoms with Crippen molar-refractivity contribution in [1.29, 1.82) is 0 Å². The summed E-state index contributed by atoms with van der Waals surface area (Å²) < 4.78 is 50.7. The van der Waals surface area contributed by atoms with Gasteiger partial charge in [-0.3, -0.25) is 4.72 Å². The number of rotatable bonds is 5. The summed E-state index contributed by atoms with van der Waals surface area (Å²) >= 11 is 0. The molecule has 0 spiro atoms. The minimum absolute atomic E-state index is 0.155. The molecular weight excluding hydrogens is 310 g/mol. The largest absolute Gasteiger partial charge is 0.378 e. The summed E-state index contributed by atoms with van der Waals surface area (Å²) in [5.74, 6) is -1.81. The highest BCUT2D eigenvalue weighted by Gasteiger charge is 2.08. The van der Waals surface area contributed by atoms with Gasteiger partial charge in [-0.2, -0.15) is 0 Å². The SMILES string of the molecule is CC(Nc1ccc(F)c(F)c1)c1ccc(NS(C)(=O)=O)cc1. The predicted molar refractivity (Wildman–Crippen MR) is 83.3 cm³/mol. The van der Waals surface area contributed by atoms with Crippen LogP contribution in [-0.4, -0.2) is 14.7 Å². The van der Waals surface area contributed by atoms with Crippen LogP contribution in [0, 0.1) is 11.6 Å². The molecule has 0 fully saturated rings. The zero-order chi connectivity index (χ0) is 16.3. The molecule has 2 aromatic rings. The van der Waals surface area contributed by atoms with Crippen LogP contribution in [0.25, 0.3) is 0 Å². The van der Waals surface area contributed by atoms with E-state index in [0.717, 1.165) is 24.0 Å². The highest BCUT2D eigenvalue weighted by Crippen LogP contribution is 2.22. The van der Waals surface area contributed by atoms with Gasteiger partial charge in [0.15, 0.2) is 11.6 Å². The van der Waals surface area contributed by atoms with Gasteiger partial charge in [-0.1, -0.05) is 12.1 Å². The number of hydrogen-bond donors (Lipinski definition) is 2. The average molecular weight is 326 g/mol. The highest BCUT2D eigenvalue weighted by atomic mass is 32.2. The second kappa shape index (κ2) is 6.31. The topological polar surface area (TPSA) is 58.2 Å². The Kier molecular flexibility index (Phi) is 4.65. The second-order valence-corrected chi connectivity index (χ2v) is 6.74. The fourth-order valence-corrected chi connectivity index (χ4v) is 2.54. The van der Waals surface area contributed by atoms with Crippen molar-refractivity contribution < 1.29 is 17.2 Å². The smallest absolute Gasteiger partial charge is 0.229 e. The molecule has 7 heteroatoms. The first-order chi connectivity index (χ1) is 10.2. The quantitative estimate of drug-likeness (QED) is 0.884. The molecule has 0 saturated heterocycles. The van der Waals surface area contributed by atoms with Crippen molar-refractivity contribution >= 4 is 21.4 Å². The molecule has 0 radical (unpaired) electrons. The van der Waals surface area contributed by atoms with Crippen LogP contribution >= 0.6 is 0 Å². The van der Waals surface area contributed by atoms with Gasteiger partial charge in [0.25, 0.3) is 0 Å². The van der Waals surface area contributed by atoms with Crippen molar-refractivity contribution in [1.82, 2.24) is 0 Å². The monoisotopic (exact) mass is 326 g/mol. The van der Waals surface area contributed by atoms with Crippen LogP contribution < -0.4 is 10.0 Å². The number of halogens is 2. The molecule has 1 atom stereocenters. The lowest BCUT2D eigenvalue weighted by atomic mass is 10.1. The number of sulfonamides is 1. The standard InChI is InChI=1S/C15H16F2N2O2S/c1-10(18-13-7-8-14(16)15(17)9-13)11-3-5-12(6-4-11)19-22(2,20)21/h3-10,18-19H,1-2H3. The molecule has 2 N–H and O–H groups in total. The third-order valence-electron chi connectivity index (χ3n) is 3.02. The van der Waals surface area contributed by atoms with Gasteiger partial charge in [-0.15, -0.1) is 0 Å². The van der Waals surface area contributed by atoms with Crippen LogP contribution in [0.1, 0.15) is 18.5 Å². The molecule has 2 rings (SSSR count). The maximum atomic E-state index is 13.2. The first-order valence-corrected chi connectivity index (χ1v) is 8.43. The number of anilines is 2. The van der Waals surface area contributed by atoms with E-state index in [1.807, 2.05) is 6.92 Å². The summed E-state index contributed by atoms with van der Waals surface area (Å²) in [6.07, 6.45) is 1.08. The summed E-state index contributed by atoms with van der Waals surface area (Å²) in [7, 11) is -3.31. The van der Waals surface area contributed by atoms with Crippen molar-refractivity contribution in [2.45, 2.75) is 13.0 Å². The second-order valence-electron chi connectivity index (χ2n) is 4.99. The Hall–Kier alpha value is -2.15. The van der Waals surface area contributed by atoms with Crippen LogP contribution in [0.15, 0.2) is 42.5 Å². The van der Waals surface area contributed by atoms with Gasteiger partial charge in [-0.25, -0.2) is 17.2 Å². The highest BCUT2D eigenvalue weighted by molar-refractivity contribution is 7.92.